The van der Waals surface area contributed by atoms with Gasteiger partial charge in [-0.25, -0.2) is 0 Å². The fraction of sp³-hybridized carbons (Fsp3) is 0.125. The molecule has 0 atom stereocenters. The van der Waals surface area contributed by atoms with Crippen molar-refractivity contribution in [3.05, 3.63) is 64.1 Å². The number of para-hydroxylation sites is 1. The molecule has 1 N–H and O–H groups in total. The molecule has 21 heavy (non-hydrogen) atoms. The lowest BCUT2D eigenvalue weighted by atomic mass is 10.1. The molecule has 0 aliphatic heterocycles. The van der Waals surface area contributed by atoms with Gasteiger partial charge < -0.3 is 5.11 Å². The van der Waals surface area contributed by atoms with E-state index in [9.17, 15) is 9.59 Å². The van der Waals surface area contributed by atoms with Gasteiger partial charge in [-0.3, -0.25) is 14.5 Å². The summed E-state index contributed by atoms with van der Waals surface area (Å²) in [5.74, 6) is -1.41. The van der Waals surface area contributed by atoms with Gasteiger partial charge >= 0.3 is 5.97 Å². The van der Waals surface area contributed by atoms with Crippen LogP contribution in [0.4, 0.5) is 5.69 Å². The average Bonchev–Trinajstić information content (AvgIpc) is 2.47. The largest absolute Gasteiger partial charge is 0.480 e. The van der Waals surface area contributed by atoms with E-state index in [2.05, 4.69) is 15.9 Å². The monoisotopic (exact) mass is 347 g/mol. The minimum atomic E-state index is -1.06. The Hall–Kier alpha value is -2.14. The third kappa shape index (κ3) is 3.70. The van der Waals surface area contributed by atoms with Crippen LogP contribution in [0.1, 0.15) is 15.9 Å². The Morgan fingerprint density at radius 2 is 1.81 bits per heavy atom. The lowest BCUT2D eigenvalue weighted by Gasteiger charge is -2.21. The Bertz CT molecular complexity index is 670. The van der Waals surface area contributed by atoms with Crippen molar-refractivity contribution < 1.29 is 14.7 Å². The molecule has 0 aromatic heterocycles. The Morgan fingerprint density at radius 1 is 1.14 bits per heavy atom. The van der Waals surface area contributed by atoms with E-state index >= 15 is 0 Å². The molecule has 0 heterocycles. The SMILES string of the molecule is Cc1ccc(Br)c(C(=O)N(CC(=O)O)c2ccccc2)c1. The van der Waals surface area contributed by atoms with Crippen molar-refractivity contribution in [1.29, 1.82) is 0 Å². The maximum Gasteiger partial charge on any atom is 0.323 e. The molecular formula is C16H14BrNO3. The van der Waals surface area contributed by atoms with Crippen LogP contribution in [-0.2, 0) is 4.79 Å². The maximum atomic E-state index is 12.7. The maximum absolute atomic E-state index is 12.7. The number of halogens is 1. The molecule has 0 aliphatic carbocycles. The van der Waals surface area contributed by atoms with E-state index in [0.29, 0.717) is 15.7 Å². The highest BCUT2D eigenvalue weighted by Gasteiger charge is 2.22. The molecule has 0 radical (unpaired) electrons. The topological polar surface area (TPSA) is 57.6 Å². The van der Waals surface area contributed by atoms with Crippen molar-refractivity contribution in [2.24, 2.45) is 0 Å². The minimum Gasteiger partial charge on any atom is -0.480 e. The molecule has 2 aromatic carbocycles. The fourth-order valence-electron chi connectivity index (χ4n) is 1.97. The molecule has 0 spiro atoms. The van der Waals surface area contributed by atoms with Crippen LogP contribution in [0.25, 0.3) is 0 Å². The number of rotatable bonds is 4. The van der Waals surface area contributed by atoms with E-state index in [-0.39, 0.29) is 12.5 Å². The Labute approximate surface area is 131 Å². The summed E-state index contributed by atoms with van der Waals surface area (Å²) < 4.78 is 0.643. The van der Waals surface area contributed by atoms with E-state index < -0.39 is 5.97 Å². The van der Waals surface area contributed by atoms with Crippen molar-refractivity contribution in [3.8, 4) is 0 Å². The Kier molecular flexibility index (Phi) is 4.75. The standard InChI is InChI=1S/C16H14BrNO3/c1-11-7-8-14(17)13(9-11)16(21)18(10-15(19)20)12-5-3-2-4-6-12/h2-9H,10H2,1H3,(H,19,20). The van der Waals surface area contributed by atoms with Crippen molar-refractivity contribution >= 4 is 33.5 Å². The molecule has 2 rings (SSSR count). The molecule has 0 bridgehead atoms. The summed E-state index contributed by atoms with van der Waals surface area (Å²) in [6, 6.07) is 14.2. The highest BCUT2D eigenvalue weighted by molar-refractivity contribution is 9.10. The molecule has 0 saturated carbocycles. The fourth-order valence-corrected chi connectivity index (χ4v) is 2.39. The van der Waals surface area contributed by atoms with Gasteiger partial charge in [0.25, 0.3) is 5.91 Å². The zero-order chi connectivity index (χ0) is 15.4. The quantitative estimate of drug-likeness (QED) is 0.920. The molecule has 0 unspecified atom stereocenters. The second kappa shape index (κ2) is 6.54. The van der Waals surface area contributed by atoms with Crippen LogP contribution in [0.3, 0.4) is 0 Å². The lowest BCUT2D eigenvalue weighted by molar-refractivity contribution is -0.135. The van der Waals surface area contributed by atoms with Crippen LogP contribution in [0.15, 0.2) is 53.0 Å². The number of aryl methyl sites for hydroxylation is 1. The molecule has 0 fully saturated rings. The average molecular weight is 348 g/mol. The van der Waals surface area contributed by atoms with Gasteiger partial charge in [0.05, 0.1) is 5.56 Å². The highest BCUT2D eigenvalue weighted by Crippen LogP contribution is 2.23. The van der Waals surface area contributed by atoms with Crippen LogP contribution in [-0.4, -0.2) is 23.5 Å². The van der Waals surface area contributed by atoms with Gasteiger partial charge in [-0.05, 0) is 47.1 Å². The lowest BCUT2D eigenvalue weighted by Crippen LogP contribution is -2.36. The van der Waals surface area contributed by atoms with Gasteiger partial charge in [-0.15, -0.1) is 0 Å². The molecule has 5 heteroatoms. The highest BCUT2D eigenvalue weighted by atomic mass is 79.9. The summed E-state index contributed by atoms with van der Waals surface area (Å²) in [5.41, 5.74) is 1.93. The summed E-state index contributed by atoms with van der Waals surface area (Å²) in [4.78, 5) is 25.0. The Balaban J connectivity index is 2.43. The van der Waals surface area contributed by atoms with E-state index in [4.69, 9.17) is 5.11 Å². The first-order valence-corrected chi connectivity index (χ1v) is 7.13. The van der Waals surface area contributed by atoms with E-state index in [1.54, 1.807) is 36.4 Å². The predicted octanol–water partition coefficient (Wildman–Crippen LogP) is 3.49. The van der Waals surface area contributed by atoms with Gasteiger partial charge in [0.15, 0.2) is 0 Å². The number of carboxylic acid groups (broad SMARTS) is 1. The summed E-state index contributed by atoms with van der Waals surface area (Å²) in [7, 11) is 0. The zero-order valence-electron chi connectivity index (χ0n) is 11.4. The number of carboxylic acids is 1. The van der Waals surface area contributed by atoms with Crippen LogP contribution < -0.4 is 4.90 Å². The minimum absolute atomic E-state index is 0.348. The second-order valence-corrected chi connectivity index (χ2v) is 5.46. The molecule has 1 amide bonds. The van der Waals surface area contributed by atoms with Gasteiger partial charge in [0.2, 0.25) is 0 Å². The van der Waals surface area contributed by atoms with Crippen LogP contribution >= 0.6 is 15.9 Å². The number of benzene rings is 2. The summed E-state index contributed by atoms with van der Waals surface area (Å²) in [6.45, 7) is 1.50. The number of hydrogen-bond donors (Lipinski definition) is 1. The van der Waals surface area contributed by atoms with Crippen LogP contribution in [0.5, 0.6) is 0 Å². The summed E-state index contributed by atoms with van der Waals surface area (Å²) in [6.07, 6.45) is 0. The van der Waals surface area contributed by atoms with Gasteiger partial charge in [0.1, 0.15) is 6.54 Å². The first-order valence-electron chi connectivity index (χ1n) is 6.34. The van der Waals surface area contributed by atoms with Gasteiger partial charge in [-0.1, -0.05) is 29.8 Å². The predicted molar refractivity (Wildman–Crippen MR) is 84.6 cm³/mol. The third-order valence-electron chi connectivity index (χ3n) is 2.96. The molecular weight excluding hydrogens is 334 g/mol. The molecule has 108 valence electrons. The first-order chi connectivity index (χ1) is 9.99. The summed E-state index contributed by atoms with van der Waals surface area (Å²) in [5, 5.41) is 9.06. The Morgan fingerprint density at radius 3 is 2.43 bits per heavy atom. The van der Waals surface area contributed by atoms with Crippen molar-refractivity contribution in [2.45, 2.75) is 6.92 Å². The van der Waals surface area contributed by atoms with E-state index in [1.807, 2.05) is 19.1 Å². The smallest absolute Gasteiger partial charge is 0.323 e. The molecule has 4 nitrogen and oxygen atoms in total. The number of amides is 1. The van der Waals surface area contributed by atoms with Crippen molar-refractivity contribution in [1.82, 2.24) is 0 Å². The number of anilines is 1. The number of nitrogens with zero attached hydrogens (tertiary/aromatic N) is 1. The number of carbonyl (C=O) groups excluding carboxylic acids is 1. The van der Waals surface area contributed by atoms with Gasteiger partial charge in [0, 0.05) is 10.2 Å². The number of hydrogen-bond acceptors (Lipinski definition) is 2. The van der Waals surface area contributed by atoms with Crippen LogP contribution in [0, 0.1) is 6.92 Å². The zero-order valence-corrected chi connectivity index (χ0v) is 13.0. The summed E-state index contributed by atoms with van der Waals surface area (Å²) >= 11 is 3.34. The second-order valence-electron chi connectivity index (χ2n) is 4.60. The molecule has 0 aliphatic rings. The first kappa shape index (κ1) is 15.3. The number of carbonyl (C=O) groups is 2. The van der Waals surface area contributed by atoms with Gasteiger partial charge in [-0.2, -0.15) is 0 Å². The third-order valence-corrected chi connectivity index (χ3v) is 3.65. The van der Waals surface area contributed by atoms with Crippen molar-refractivity contribution in [2.75, 3.05) is 11.4 Å². The molecule has 0 saturated heterocycles. The normalized spacial score (nSPS) is 10.2. The van der Waals surface area contributed by atoms with E-state index in [1.165, 1.54) is 4.90 Å². The molecule has 2 aromatic rings. The van der Waals surface area contributed by atoms with Crippen LogP contribution in [0.2, 0.25) is 0 Å². The van der Waals surface area contributed by atoms with E-state index in [0.717, 1.165) is 5.56 Å². The van der Waals surface area contributed by atoms with Crippen molar-refractivity contribution in [3.63, 3.8) is 0 Å². The number of aliphatic carboxylic acids is 1.